The fourth-order valence-corrected chi connectivity index (χ4v) is 2.56. The van der Waals surface area contributed by atoms with Crippen LogP contribution in [0, 0.1) is 0 Å². The summed E-state index contributed by atoms with van der Waals surface area (Å²) in [5, 5.41) is -0.340. The van der Waals surface area contributed by atoms with Crippen molar-refractivity contribution in [1.29, 1.82) is 0 Å². The van der Waals surface area contributed by atoms with Gasteiger partial charge in [-0.3, -0.25) is 4.79 Å². The topological polar surface area (TPSA) is 26.3 Å². The van der Waals surface area contributed by atoms with Gasteiger partial charge in [-0.1, -0.05) is 49.6 Å². The lowest BCUT2D eigenvalue weighted by Gasteiger charge is -2.33. The Morgan fingerprint density at radius 2 is 1.82 bits per heavy atom. The molecule has 3 heteroatoms. The first-order valence-electron chi connectivity index (χ1n) is 6.11. The van der Waals surface area contributed by atoms with Crippen LogP contribution in [-0.4, -0.2) is 10.8 Å². The van der Waals surface area contributed by atoms with Crippen molar-refractivity contribution in [2.75, 3.05) is 0 Å². The summed E-state index contributed by atoms with van der Waals surface area (Å²) in [6.45, 7) is 0.458. The van der Waals surface area contributed by atoms with E-state index in [0.29, 0.717) is 6.61 Å². The van der Waals surface area contributed by atoms with Crippen LogP contribution in [0.3, 0.4) is 0 Å². The molecule has 0 atom stereocenters. The van der Waals surface area contributed by atoms with Crippen molar-refractivity contribution in [2.24, 2.45) is 0 Å². The van der Waals surface area contributed by atoms with E-state index in [2.05, 4.69) is 0 Å². The van der Waals surface area contributed by atoms with Crippen molar-refractivity contribution < 1.29 is 9.53 Å². The lowest BCUT2D eigenvalue weighted by molar-refractivity contribution is -0.143. The second kappa shape index (κ2) is 5.65. The third-order valence-corrected chi connectivity index (χ3v) is 3.72. The van der Waals surface area contributed by atoms with E-state index >= 15 is 0 Å². The molecule has 17 heavy (non-hydrogen) atoms. The quantitative estimate of drug-likeness (QED) is 0.765. The van der Waals surface area contributed by atoms with Crippen LogP contribution in [-0.2, 0) is 16.1 Å². The second-order valence-corrected chi connectivity index (χ2v) is 4.95. The Labute approximate surface area is 107 Å². The molecule has 0 unspecified atom stereocenters. The zero-order chi connectivity index (χ0) is 12.1. The van der Waals surface area contributed by atoms with Gasteiger partial charge in [-0.2, -0.15) is 0 Å². The van der Waals surface area contributed by atoms with E-state index in [0.717, 1.165) is 31.2 Å². The van der Waals surface area contributed by atoms with E-state index in [1.165, 1.54) is 6.42 Å². The molecule has 0 saturated heterocycles. The van der Waals surface area contributed by atoms with Crippen LogP contribution in [0.4, 0.5) is 0 Å². The highest BCUT2D eigenvalue weighted by molar-refractivity contribution is 6.65. The van der Waals surface area contributed by atoms with Crippen molar-refractivity contribution in [3.63, 3.8) is 0 Å². The molecule has 0 amide bonds. The van der Waals surface area contributed by atoms with Gasteiger partial charge < -0.3 is 4.74 Å². The number of hydrogen-bond acceptors (Lipinski definition) is 2. The Morgan fingerprint density at radius 3 is 2.41 bits per heavy atom. The van der Waals surface area contributed by atoms with Crippen LogP contribution >= 0.6 is 11.6 Å². The molecule has 1 aromatic rings. The summed E-state index contributed by atoms with van der Waals surface area (Å²) in [5.41, 5.74) is 0.339. The number of halogens is 1. The van der Waals surface area contributed by atoms with Crippen molar-refractivity contribution in [2.45, 2.75) is 44.3 Å². The Kier molecular flexibility index (Phi) is 4.19. The normalized spacial score (nSPS) is 18.9. The molecule has 92 valence electrons. The number of benzene rings is 1. The molecule has 0 bridgehead atoms. The van der Waals surface area contributed by atoms with Gasteiger partial charge in [0.25, 0.3) is 5.24 Å². The van der Waals surface area contributed by atoms with E-state index in [1.54, 1.807) is 0 Å². The van der Waals surface area contributed by atoms with Crippen LogP contribution in [0.2, 0.25) is 0 Å². The number of rotatable bonds is 4. The summed E-state index contributed by atoms with van der Waals surface area (Å²) >= 11 is 5.72. The molecule has 0 heterocycles. The minimum Gasteiger partial charge on any atom is -0.361 e. The summed E-state index contributed by atoms with van der Waals surface area (Å²) < 4.78 is 5.84. The maximum Gasteiger partial charge on any atom is 0.253 e. The van der Waals surface area contributed by atoms with Gasteiger partial charge in [0.2, 0.25) is 0 Å². The van der Waals surface area contributed by atoms with Gasteiger partial charge >= 0.3 is 0 Å². The molecule has 1 fully saturated rings. The maximum atomic E-state index is 11.6. The van der Waals surface area contributed by atoms with Crippen molar-refractivity contribution in [3.05, 3.63) is 35.9 Å². The standard InChI is InChI=1S/C14H17ClO2/c15-13(16)14(9-5-2-6-10-14)17-11-12-7-3-1-4-8-12/h1,3-4,7-8H,2,5-6,9-11H2. The van der Waals surface area contributed by atoms with Gasteiger partial charge in [0.05, 0.1) is 6.61 Å². The molecule has 1 aliphatic carbocycles. The highest BCUT2D eigenvalue weighted by atomic mass is 35.5. The van der Waals surface area contributed by atoms with Crippen molar-refractivity contribution in [3.8, 4) is 0 Å². The average Bonchev–Trinajstić information content (AvgIpc) is 2.38. The van der Waals surface area contributed by atoms with Crippen LogP contribution < -0.4 is 0 Å². The summed E-state index contributed by atoms with van der Waals surface area (Å²) in [6, 6.07) is 9.89. The minimum absolute atomic E-state index is 0.340. The Balaban J connectivity index is 2.01. The number of carbonyl (C=O) groups excluding carboxylic acids is 1. The monoisotopic (exact) mass is 252 g/mol. The Morgan fingerprint density at radius 1 is 1.18 bits per heavy atom. The van der Waals surface area contributed by atoms with Crippen LogP contribution in [0.25, 0.3) is 0 Å². The SMILES string of the molecule is O=C(Cl)C1(OCc2ccccc2)CCCCC1. The van der Waals surface area contributed by atoms with E-state index in [-0.39, 0.29) is 5.24 Å². The summed E-state index contributed by atoms with van der Waals surface area (Å²) in [6.07, 6.45) is 4.71. The highest BCUT2D eigenvalue weighted by Crippen LogP contribution is 2.34. The smallest absolute Gasteiger partial charge is 0.253 e. The molecule has 0 aromatic heterocycles. The predicted octanol–water partition coefficient (Wildman–Crippen LogP) is 3.67. The zero-order valence-corrected chi connectivity index (χ0v) is 10.6. The molecule has 1 aromatic carbocycles. The number of carbonyl (C=O) groups is 1. The molecule has 0 aliphatic heterocycles. The van der Waals surface area contributed by atoms with E-state index in [9.17, 15) is 4.79 Å². The summed E-state index contributed by atoms with van der Waals surface area (Å²) in [7, 11) is 0. The van der Waals surface area contributed by atoms with Gasteiger partial charge in [-0.25, -0.2) is 0 Å². The Bertz CT molecular complexity index is 369. The fraction of sp³-hybridized carbons (Fsp3) is 0.500. The lowest BCUT2D eigenvalue weighted by Crippen LogP contribution is -2.40. The summed E-state index contributed by atoms with van der Waals surface area (Å²) in [5.74, 6) is 0. The molecule has 0 spiro atoms. The largest absolute Gasteiger partial charge is 0.361 e. The molecule has 2 rings (SSSR count). The third kappa shape index (κ3) is 3.08. The first-order valence-corrected chi connectivity index (χ1v) is 6.49. The van der Waals surface area contributed by atoms with Crippen LogP contribution in [0.15, 0.2) is 30.3 Å². The molecule has 1 saturated carbocycles. The molecule has 1 aliphatic rings. The highest BCUT2D eigenvalue weighted by Gasteiger charge is 2.39. The minimum atomic E-state index is -0.740. The molecule has 0 radical (unpaired) electrons. The average molecular weight is 253 g/mol. The van der Waals surface area contributed by atoms with E-state index in [1.807, 2.05) is 30.3 Å². The number of hydrogen-bond donors (Lipinski definition) is 0. The van der Waals surface area contributed by atoms with Gasteiger partial charge in [0.1, 0.15) is 5.60 Å². The predicted molar refractivity (Wildman–Crippen MR) is 67.9 cm³/mol. The Hall–Kier alpha value is -0.860. The van der Waals surface area contributed by atoms with Crippen LogP contribution in [0.5, 0.6) is 0 Å². The molecular weight excluding hydrogens is 236 g/mol. The molecule has 2 nitrogen and oxygen atoms in total. The first kappa shape index (κ1) is 12.6. The molecular formula is C14H17ClO2. The third-order valence-electron chi connectivity index (χ3n) is 3.38. The van der Waals surface area contributed by atoms with Gasteiger partial charge in [0, 0.05) is 0 Å². The van der Waals surface area contributed by atoms with Gasteiger partial charge in [-0.15, -0.1) is 0 Å². The van der Waals surface area contributed by atoms with Gasteiger partial charge in [0.15, 0.2) is 0 Å². The van der Waals surface area contributed by atoms with Crippen LogP contribution in [0.1, 0.15) is 37.7 Å². The maximum absolute atomic E-state index is 11.6. The van der Waals surface area contributed by atoms with Crippen molar-refractivity contribution in [1.82, 2.24) is 0 Å². The fourth-order valence-electron chi connectivity index (χ4n) is 2.32. The number of ether oxygens (including phenoxy) is 1. The van der Waals surface area contributed by atoms with E-state index < -0.39 is 5.60 Å². The zero-order valence-electron chi connectivity index (χ0n) is 9.82. The first-order chi connectivity index (χ1) is 8.23. The second-order valence-electron chi connectivity index (χ2n) is 4.60. The summed E-state index contributed by atoms with van der Waals surface area (Å²) in [4.78, 5) is 11.6. The lowest BCUT2D eigenvalue weighted by atomic mass is 9.85. The van der Waals surface area contributed by atoms with Crippen molar-refractivity contribution >= 4 is 16.8 Å². The van der Waals surface area contributed by atoms with Gasteiger partial charge in [-0.05, 0) is 30.0 Å². The van der Waals surface area contributed by atoms with E-state index in [4.69, 9.17) is 16.3 Å². The molecule has 0 N–H and O–H groups in total.